The Bertz CT molecular complexity index is 6530. The smallest absolute Gasteiger partial charge is 0.387 e. The summed E-state index contributed by atoms with van der Waals surface area (Å²) in [6, 6.07) is 0. The number of aromatic amines is 3. The van der Waals surface area contributed by atoms with Gasteiger partial charge in [-0.25, -0.2) is 29.1 Å². The number of fused-ring (bicyclic) bond motifs is 3. The van der Waals surface area contributed by atoms with Crippen LogP contribution in [0.15, 0.2) is 79.5 Å². The number of phosphoric ester groups is 1. The Morgan fingerprint density at radius 2 is 0.878 bits per heavy atom. The first-order valence-electron chi connectivity index (χ1n) is 45.3. The van der Waals surface area contributed by atoms with Gasteiger partial charge in [0.05, 0.1) is 130 Å². The van der Waals surface area contributed by atoms with Crippen LogP contribution in [0.1, 0.15) is 79.4 Å². The van der Waals surface area contributed by atoms with Gasteiger partial charge in [0.15, 0.2) is 65.5 Å². The van der Waals surface area contributed by atoms with E-state index in [1.807, 2.05) is 0 Å². The SMILES string of the molecule is C=C1NC(=O)C(C)=CN1[C@@H]1O[C@H](COP(O)(=S)O[C@@H]2C(OCCOC)[C@H](n3cc(C)c(N)nc3=O)O[C@@H]2COP(O)(=S)O[C@@H]2C(OCCOC)[C@H](n3cnc4c(=O)[nH]c(N)nc43)O[C@@H]2COP(O)(=S)O[C@@H]2C(OCCOC)[C@H](n3cc(C)c(=O)[nH]c3=O)O[C@@H]2COP(=O)(O)O[C@@H]2C(OCCOC)[C@H](n3cnc4c(=O)[nH]c(N)nc43)O[C@@H]2COP(O)(=S)O[C@@H]2C[C@H](n3cnc4c3NC(N)NC4=O)O[C@@H]2CC)[C@H](O)C1OCCOC. The zero-order valence-electron chi connectivity index (χ0n) is 80.2. The fourth-order valence-electron chi connectivity index (χ4n) is 17.1. The molecule has 0 radical (unpaired) electrons. The molecule has 0 aromatic carbocycles. The quantitative estimate of drug-likeness (QED) is 0.0134. The number of methoxy groups -OCH3 is 5. The van der Waals surface area contributed by atoms with E-state index in [0.717, 1.165) is 28.0 Å². The summed E-state index contributed by atoms with van der Waals surface area (Å²) in [7, 11) is 0.964. The number of carbonyl (C=O) groups excluding carboxylic acids is 2. The molecule has 6 fully saturated rings. The second kappa shape index (κ2) is 49.0. The summed E-state index contributed by atoms with van der Waals surface area (Å²) in [4.78, 5) is 190. The third kappa shape index (κ3) is 26.6. The van der Waals surface area contributed by atoms with Crippen LogP contribution in [0.25, 0.3) is 22.3 Å². The van der Waals surface area contributed by atoms with Crippen molar-refractivity contribution in [1.82, 2.24) is 83.2 Å². The molecule has 11 unspecified atom stereocenters. The largest absolute Gasteiger partial charge is 0.472 e. The van der Waals surface area contributed by atoms with Crippen LogP contribution < -0.4 is 66.9 Å². The summed E-state index contributed by atoms with van der Waals surface area (Å²) < 4.78 is 180. The van der Waals surface area contributed by atoms with Crippen molar-refractivity contribution in [2.45, 2.75) is 188 Å². The number of nitrogens with zero attached hydrogens (tertiary/aromatic N) is 12. The summed E-state index contributed by atoms with van der Waals surface area (Å²) in [5.74, 6) is -1.67. The first-order chi connectivity index (χ1) is 70.3. The number of imidazole rings is 3. The van der Waals surface area contributed by atoms with Crippen LogP contribution in [0, 0.1) is 13.8 Å². The highest BCUT2D eigenvalue weighted by atomic mass is 32.5. The number of amides is 2. The number of carbonyl (C=O) groups is 2. The second-order valence-corrected chi connectivity index (χ2v) is 46.6. The van der Waals surface area contributed by atoms with Gasteiger partial charge in [-0.15, -0.1) is 0 Å². The lowest BCUT2D eigenvalue weighted by atomic mass is 10.1. The lowest BCUT2D eigenvalue weighted by molar-refractivity contribution is -0.121. The molecule has 0 aliphatic carbocycles. The number of H-pyrrole nitrogens is 3. The number of hydrogen-bond acceptors (Lipinski definition) is 51. The average molecular weight is 2270 g/mol. The zero-order valence-corrected chi connectivity index (χ0v) is 87.9. The minimum Gasteiger partial charge on any atom is -0.387 e. The monoisotopic (exact) mass is 2270 g/mol. The third-order valence-corrected chi connectivity index (χ3v) is 31.3. The standard InChI is InChI=1S/C77H113N22O40P5S4/c1-11-38-39(22-45(129-38)97-31-82-46-60(97)87-73(79)90-65(46)103)135-141(110,145)126-28-42-50(55(120-18-13-115-7)71(133-42)98-32-83-47-61(98)88-74(80)91-66(47)104)136-140(108,109)124-27-41-51(56(121-19-14-116-8)70(131-41)96-25-36(4)64(102)93-77(96)107)137-143(112,147)128-30-44-53(58(123-21-16-118-10)72(134-44)99-33-84-48-62(99)89-75(81)92-67(48)105)139-144(113,148)127-29-43-52(57(122-20-15-117-9)69(132-43)95-23-34(2)59(78)86-76(95)106)138-142(111,146)125-26-40-49(100)54(119-17-12-114-6)68(130-40)94-24-35(3)63(101)85-37(94)5/h23-25,31-33,38-45,49-58,68-73,87,100H,5,11-22,26-30,79H2,1-4,6-10H3,(H,85,101)(H,90,103)(H,108,109)(H,110,145)(H,111,146)(H,112,147)(H,113,148)(H2,78,86,106)(H,93,102,107)(H3,80,88,91,104)(H3,81,89,92,105)/t38-,39-,40-,41-,42-,43-,44-,45-,49+,50+,51+,52+,53+,54?,55?,56?,57?,58?,68-,69-,70-,71-,72-,73?,141?,142?,143?,144?/m1/s1. The second-order valence-electron chi connectivity index (χ2n) is 34.1. The van der Waals surface area contributed by atoms with Gasteiger partial charge >= 0.3 is 46.1 Å². The Morgan fingerprint density at radius 1 is 0.466 bits per heavy atom. The normalized spacial score (nSPS) is 30.3. The van der Waals surface area contributed by atoms with Crippen LogP contribution in [-0.2, 0) is 178 Å². The Kier molecular flexibility index (Phi) is 37.9. The number of anilines is 4. The topological polar surface area (TPSA) is 791 Å². The number of hydrogen-bond donors (Lipinski definition) is 16. The molecule has 7 aromatic heterocycles. The Hall–Kier alpha value is -7.60. The van der Waals surface area contributed by atoms with Gasteiger partial charge in [-0.3, -0.25) is 90.1 Å². The molecule has 148 heavy (non-hydrogen) atoms. The Labute approximate surface area is 858 Å². The molecule has 0 spiro atoms. The minimum atomic E-state index is -5.82. The number of nitrogens with two attached hydrogens (primary N) is 4. The molecule has 15 heterocycles. The molecule has 62 nitrogen and oxygen atoms in total. The molecule has 71 heteroatoms. The number of aliphatic hydroxyl groups excluding tert-OH is 1. The summed E-state index contributed by atoms with van der Waals surface area (Å²) in [6.07, 6.45) is -29.0. The van der Waals surface area contributed by atoms with Crippen LogP contribution in [0.2, 0.25) is 0 Å². The number of aromatic nitrogens is 14. The van der Waals surface area contributed by atoms with Crippen LogP contribution >= 0.6 is 34.7 Å². The predicted octanol–water partition coefficient (Wildman–Crippen LogP) is -2.97. The number of phosphoric acid groups is 1. The molecule has 2 amide bonds. The maximum Gasteiger partial charge on any atom is 0.472 e. The highest BCUT2D eigenvalue weighted by Gasteiger charge is 2.59. The van der Waals surface area contributed by atoms with Crippen LogP contribution in [0.5, 0.6) is 0 Å². The molecule has 820 valence electrons. The van der Waals surface area contributed by atoms with Crippen LogP contribution in [0.4, 0.5) is 23.5 Å². The molecular formula is C77H113N22O40P5S4. The molecule has 8 aliphatic rings. The van der Waals surface area contributed by atoms with Gasteiger partial charge in [0, 0.05) is 77.3 Å². The van der Waals surface area contributed by atoms with Gasteiger partial charge in [0.1, 0.15) is 115 Å². The molecule has 29 atom stereocenters. The van der Waals surface area contributed by atoms with E-state index in [9.17, 15) is 63.1 Å². The molecule has 0 bridgehead atoms. The highest BCUT2D eigenvalue weighted by molar-refractivity contribution is 8.08. The van der Waals surface area contributed by atoms with E-state index in [2.05, 4.69) is 67.4 Å². The van der Waals surface area contributed by atoms with Gasteiger partial charge < -0.3 is 166 Å². The number of rotatable bonds is 52. The van der Waals surface area contributed by atoms with Crippen molar-refractivity contribution in [3.05, 3.63) is 124 Å². The average Bonchev–Trinajstić information content (AvgIpc) is 1.60. The molecule has 6 saturated heterocycles. The molecule has 8 aliphatic heterocycles. The van der Waals surface area contributed by atoms with Crippen molar-refractivity contribution in [1.29, 1.82) is 0 Å². The van der Waals surface area contributed by atoms with Crippen molar-refractivity contribution < 1.29 is 165 Å². The van der Waals surface area contributed by atoms with E-state index in [4.69, 9.17) is 191 Å². The molecule has 7 aromatic rings. The summed E-state index contributed by atoms with van der Waals surface area (Å²) in [6.45, 7) is -16.1. The number of ether oxygens (including phenoxy) is 16. The van der Waals surface area contributed by atoms with Crippen molar-refractivity contribution >= 4 is 140 Å². The molecule has 15 rings (SSSR count). The molecule has 0 saturated carbocycles. The first kappa shape index (κ1) is 114. The maximum atomic E-state index is 15.4. The summed E-state index contributed by atoms with van der Waals surface area (Å²) in [5.41, 5.74) is 19.3. The van der Waals surface area contributed by atoms with E-state index in [0.29, 0.717) is 0 Å². The number of nitrogens with one attached hydrogen (secondary N) is 6. The van der Waals surface area contributed by atoms with Crippen molar-refractivity contribution in [2.75, 3.05) is 157 Å². The van der Waals surface area contributed by atoms with Gasteiger partial charge in [-0.1, -0.05) is 13.5 Å². The third-order valence-electron chi connectivity index (χ3n) is 24.1. The zero-order chi connectivity index (χ0) is 107. The van der Waals surface area contributed by atoms with Crippen molar-refractivity contribution in [3.8, 4) is 0 Å². The molecular weight excluding hydrogens is 2160 g/mol. The number of nitrogen functional groups attached to an aromatic ring is 3. The number of aliphatic hydroxyl groups is 1. The van der Waals surface area contributed by atoms with Gasteiger partial charge in [-0.2, -0.15) is 15.0 Å². The summed E-state index contributed by atoms with van der Waals surface area (Å²) >= 11 is 23.1. The van der Waals surface area contributed by atoms with Crippen molar-refractivity contribution in [2.24, 2.45) is 5.73 Å². The van der Waals surface area contributed by atoms with Crippen LogP contribution in [0.3, 0.4) is 0 Å². The first-order valence-corrected chi connectivity index (χ1v) is 57.1. The minimum absolute atomic E-state index is 0.00500. The predicted molar refractivity (Wildman–Crippen MR) is 520 cm³/mol. The lowest BCUT2D eigenvalue weighted by Crippen LogP contribution is -2.51. The van der Waals surface area contributed by atoms with E-state index >= 15 is 4.57 Å². The van der Waals surface area contributed by atoms with Crippen LogP contribution in [-0.4, -0.2) is 365 Å². The van der Waals surface area contributed by atoms with E-state index in [1.54, 1.807) is 6.92 Å². The van der Waals surface area contributed by atoms with Gasteiger partial charge in [0.25, 0.3) is 28.5 Å². The molecule has 20 N–H and O–H groups in total. The van der Waals surface area contributed by atoms with E-state index < -0.39 is 261 Å². The van der Waals surface area contributed by atoms with E-state index in [-0.39, 0.29) is 147 Å². The maximum absolute atomic E-state index is 15.4. The Morgan fingerprint density at radius 3 is 1.34 bits per heavy atom. The number of aryl methyl sites for hydroxylation is 2. The fourth-order valence-corrected chi connectivity index (χ4v) is 23.9. The summed E-state index contributed by atoms with van der Waals surface area (Å²) in [5, 5.41) is 20.0. The van der Waals surface area contributed by atoms with Crippen molar-refractivity contribution in [3.63, 3.8) is 0 Å². The lowest BCUT2D eigenvalue weighted by Gasteiger charge is -2.35. The fraction of sp³-hybridized carbons (Fsp3) is 0.649. The van der Waals surface area contributed by atoms with Gasteiger partial charge in [-0.05, 0) is 74.4 Å². The van der Waals surface area contributed by atoms with Gasteiger partial charge in [0.2, 0.25) is 11.9 Å². The van der Waals surface area contributed by atoms with E-state index in [1.165, 1.54) is 93.6 Å². The Balaban J connectivity index is 0.723. The highest BCUT2D eigenvalue weighted by Crippen LogP contribution is 2.58.